The lowest BCUT2D eigenvalue weighted by Crippen LogP contribution is -2.52. The standard InChI is InChI=1S/C30H33FN2O4/c1-3-21(2)32-30(35)26(17-22-9-5-4-6-10-22)33(19-24-11-7-8-12-25(24)31)29(34)16-14-23-13-15-27-28(18-23)37-20-36-27/h4-13,15,18,21,26H,3,14,16-17,19-20H2,1-2H3,(H,32,35)/t21-,26-/m0/s1. The molecule has 0 saturated carbocycles. The molecule has 0 fully saturated rings. The topological polar surface area (TPSA) is 67.9 Å². The summed E-state index contributed by atoms with van der Waals surface area (Å²) in [6, 6.07) is 20.7. The van der Waals surface area contributed by atoms with E-state index in [1.165, 1.54) is 11.0 Å². The molecule has 1 heterocycles. The van der Waals surface area contributed by atoms with E-state index in [2.05, 4.69) is 5.32 Å². The van der Waals surface area contributed by atoms with Crippen molar-refractivity contribution >= 4 is 11.8 Å². The van der Waals surface area contributed by atoms with E-state index < -0.39 is 11.9 Å². The average Bonchev–Trinajstić information content (AvgIpc) is 3.38. The van der Waals surface area contributed by atoms with Crippen LogP contribution in [0, 0.1) is 5.82 Å². The van der Waals surface area contributed by atoms with Gasteiger partial charge in [-0.2, -0.15) is 0 Å². The number of hydrogen-bond acceptors (Lipinski definition) is 4. The monoisotopic (exact) mass is 504 g/mol. The maximum absolute atomic E-state index is 14.7. The number of carbonyl (C=O) groups excluding carboxylic acids is 2. The smallest absolute Gasteiger partial charge is 0.243 e. The predicted octanol–water partition coefficient (Wildman–Crippen LogP) is 5.04. The van der Waals surface area contributed by atoms with Gasteiger partial charge in [0.05, 0.1) is 0 Å². The first-order valence-electron chi connectivity index (χ1n) is 12.7. The van der Waals surface area contributed by atoms with Crippen molar-refractivity contribution in [2.24, 2.45) is 0 Å². The van der Waals surface area contributed by atoms with Crippen molar-refractivity contribution in [3.05, 3.63) is 95.3 Å². The molecule has 3 aromatic rings. The molecule has 1 aliphatic rings. The van der Waals surface area contributed by atoms with Gasteiger partial charge in [-0.05, 0) is 49.1 Å². The van der Waals surface area contributed by atoms with E-state index in [4.69, 9.17) is 9.47 Å². The lowest BCUT2D eigenvalue weighted by molar-refractivity contribution is -0.141. The molecule has 2 atom stereocenters. The highest BCUT2D eigenvalue weighted by molar-refractivity contribution is 5.88. The molecule has 194 valence electrons. The molecule has 2 amide bonds. The summed E-state index contributed by atoms with van der Waals surface area (Å²) in [7, 11) is 0. The van der Waals surface area contributed by atoms with Gasteiger partial charge < -0.3 is 19.7 Å². The van der Waals surface area contributed by atoms with Crippen molar-refractivity contribution in [2.45, 2.75) is 58.2 Å². The first kappa shape index (κ1) is 26.2. The minimum Gasteiger partial charge on any atom is -0.454 e. The Morgan fingerprint density at radius 1 is 0.973 bits per heavy atom. The van der Waals surface area contributed by atoms with Crippen LogP contribution >= 0.6 is 0 Å². The third kappa shape index (κ3) is 6.88. The van der Waals surface area contributed by atoms with E-state index in [0.29, 0.717) is 29.9 Å². The quantitative estimate of drug-likeness (QED) is 0.397. The minimum atomic E-state index is -0.791. The third-order valence-electron chi connectivity index (χ3n) is 6.64. The summed E-state index contributed by atoms with van der Waals surface area (Å²) in [6.45, 7) is 4.10. The number of halogens is 1. The van der Waals surface area contributed by atoms with Gasteiger partial charge in [-0.3, -0.25) is 9.59 Å². The highest BCUT2D eigenvalue weighted by Crippen LogP contribution is 2.33. The van der Waals surface area contributed by atoms with Gasteiger partial charge in [-0.25, -0.2) is 4.39 Å². The molecule has 6 nitrogen and oxygen atoms in total. The van der Waals surface area contributed by atoms with Crippen LogP contribution in [0.5, 0.6) is 11.5 Å². The van der Waals surface area contributed by atoms with Crippen molar-refractivity contribution in [1.82, 2.24) is 10.2 Å². The average molecular weight is 505 g/mol. The molecule has 7 heteroatoms. The van der Waals surface area contributed by atoms with Crippen molar-refractivity contribution in [2.75, 3.05) is 6.79 Å². The molecule has 0 radical (unpaired) electrons. The molecule has 0 unspecified atom stereocenters. The Bertz CT molecular complexity index is 1220. The van der Waals surface area contributed by atoms with Gasteiger partial charge in [0, 0.05) is 31.0 Å². The van der Waals surface area contributed by atoms with Crippen LogP contribution < -0.4 is 14.8 Å². The Morgan fingerprint density at radius 2 is 1.70 bits per heavy atom. The van der Waals surface area contributed by atoms with Crippen molar-refractivity contribution in [3.63, 3.8) is 0 Å². The number of fused-ring (bicyclic) bond motifs is 1. The summed E-state index contributed by atoms with van der Waals surface area (Å²) in [5, 5.41) is 3.03. The molecule has 4 rings (SSSR count). The fourth-order valence-corrected chi connectivity index (χ4v) is 4.30. The SMILES string of the molecule is CC[C@H](C)NC(=O)[C@H](Cc1ccccc1)N(Cc1ccccc1F)C(=O)CCc1ccc2c(c1)OCO2. The Labute approximate surface area is 217 Å². The number of aryl methyl sites for hydroxylation is 1. The molecular weight excluding hydrogens is 471 g/mol. The largest absolute Gasteiger partial charge is 0.454 e. The Balaban J connectivity index is 1.61. The Hall–Kier alpha value is -3.87. The fraction of sp³-hybridized carbons (Fsp3) is 0.333. The van der Waals surface area contributed by atoms with E-state index in [-0.39, 0.29) is 37.6 Å². The van der Waals surface area contributed by atoms with Gasteiger partial charge in [0.25, 0.3) is 0 Å². The molecule has 37 heavy (non-hydrogen) atoms. The molecule has 0 aromatic heterocycles. The van der Waals surface area contributed by atoms with Crippen molar-refractivity contribution in [1.29, 1.82) is 0 Å². The zero-order valence-corrected chi connectivity index (χ0v) is 21.3. The zero-order valence-electron chi connectivity index (χ0n) is 21.3. The molecule has 1 aliphatic heterocycles. The third-order valence-corrected chi connectivity index (χ3v) is 6.64. The van der Waals surface area contributed by atoms with E-state index in [1.54, 1.807) is 18.2 Å². The van der Waals surface area contributed by atoms with Gasteiger partial charge in [0.1, 0.15) is 11.9 Å². The van der Waals surface area contributed by atoms with Gasteiger partial charge >= 0.3 is 0 Å². The summed E-state index contributed by atoms with van der Waals surface area (Å²) in [4.78, 5) is 28.8. The van der Waals surface area contributed by atoms with E-state index in [1.807, 2.05) is 62.4 Å². The summed E-state index contributed by atoms with van der Waals surface area (Å²) in [5.74, 6) is 0.466. The minimum absolute atomic E-state index is 0.00191. The summed E-state index contributed by atoms with van der Waals surface area (Å²) < 4.78 is 25.5. The highest BCUT2D eigenvalue weighted by atomic mass is 19.1. The maximum atomic E-state index is 14.7. The molecule has 0 spiro atoms. The summed E-state index contributed by atoms with van der Waals surface area (Å²) >= 11 is 0. The van der Waals surface area contributed by atoms with Crippen molar-refractivity contribution in [3.8, 4) is 11.5 Å². The number of carbonyl (C=O) groups is 2. The maximum Gasteiger partial charge on any atom is 0.243 e. The van der Waals surface area contributed by atoms with Crippen LogP contribution in [-0.4, -0.2) is 35.6 Å². The number of nitrogens with zero attached hydrogens (tertiary/aromatic N) is 1. The number of benzene rings is 3. The van der Waals surface area contributed by atoms with Crippen LogP contribution in [0.3, 0.4) is 0 Å². The van der Waals surface area contributed by atoms with Crippen LogP contribution in [-0.2, 0) is 29.0 Å². The second-order valence-electron chi connectivity index (χ2n) is 9.32. The molecule has 0 bridgehead atoms. The van der Waals surface area contributed by atoms with Crippen LogP contribution in [0.2, 0.25) is 0 Å². The van der Waals surface area contributed by atoms with Crippen LogP contribution in [0.1, 0.15) is 43.4 Å². The van der Waals surface area contributed by atoms with Crippen molar-refractivity contribution < 1.29 is 23.5 Å². The summed E-state index contributed by atoms with van der Waals surface area (Å²) in [5.41, 5.74) is 2.22. The number of rotatable bonds is 11. The second kappa shape index (κ2) is 12.4. The van der Waals surface area contributed by atoms with Crippen LogP contribution in [0.15, 0.2) is 72.8 Å². The van der Waals surface area contributed by atoms with Gasteiger partial charge in [0.15, 0.2) is 11.5 Å². The Morgan fingerprint density at radius 3 is 2.46 bits per heavy atom. The lowest BCUT2D eigenvalue weighted by atomic mass is 10.0. The highest BCUT2D eigenvalue weighted by Gasteiger charge is 2.31. The first-order chi connectivity index (χ1) is 17.9. The normalized spacial score (nSPS) is 13.6. The second-order valence-corrected chi connectivity index (χ2v) is 9.32. The van der Waals surface area contributed by atoms with E-state index in [9.17, 15) is 14.0 Å². The molecule has 3 aromatic carbocycles. The van der Waals surface area contributed by atoms with Crippen LogP contribution in [0.4, 0.5) is 4.39 Å². The molecule has 0 saturated heterocycles. The number of hydrogen-bond donors (Lipinski definition) is 1. The van der Waals surface area contributed by atoms with Gasteiger partial charge in [0.2, 0.25) is 18.6 Å². The first-order valence-corrected chi connectivity index (χ1v) is 12.7. The van der Waals surface area contributed by atoms with E-state index >= 15 is 0 Å². The van der Waals surface area contributed by atoms with Gasteiger partial charge in [-0.1, -0.05) is 61.5 Å². The number of ether oxygens (including phenoxy) is 2. The van der Waals surface area contributed by atoms with Crippen LogP contribution in [0.25, 0.3) is 0 Å². The number of amides is 2. The molecule has 1 N–H and O–H groups in total. The molecular formula is C30H33FN2O4. The molecule has 0 aliphatic carbocycles. The zero-order chi connectivity index (χ0) is 26.2. The number of nitrogens with one attached hydrogen (secondary N) is 1. The predicted molar refractivity (Wildman–Crippen MR) is 140 cm³/mol. The lowest BCUT2D eigenvalue weighted by Gasteiger charge is -2.32. The fourth-order valence-electron chi connectivity index (χ4n) is 4.30. The Kier molecular flexibility index (Phi) is 8.77. The van der Waals surface area contributed by atoms with Gasteiger partial charge in [-0.15, -0.1) is 0 Å². The van der Waals surface area contributed by atoms with E-state index in [0.717, 1.165) is 17.5 Å². The summed E-state index contributed by atoms with van der Waals surface area (Å²) in [6.07, 6.45) is 1.70.